The Balaban J connectivity index is 1.30. The van der Waals surface area contributed by atoms with Crippen LogP contribution in [-0.4, -0.2) is 65.3 Å². The zero-order chi connectivity index (χ0) is 25.4. The standard InChI is InChI=1S/C24H23F3N6O3/c1-31-19-10-18(32-8-7-24(26,27)13-32)16(25)9-20(19)36-12-17(23(31)35)29-22(34)21-28-14-33(30-21)11-15-5-3-2-4-6-15/h2-6,9-10,14,17H,7-8,11-13H2,1H3,(H,29,34)/t17-/m0/s1. The van der Waals surface area contributed by atoms with Gasteiger partial charge in [-0.2, -0.15) is 0 Å². The van der Waals surface area contributed by atoms with Crippen LogP contribution in [0.3, 0.4) is 0 Å². The normalized spacial score (nSPS) is 19.0. The zero-order valence-corrected chi connectivity index (χ0v) is 19.3. The minimum atomic E-state index is -2.91. The van der Waals surface area contributed by atoms with Crippen molar-refractivity contribution in [3.8, 4) is 5.75 Å². The minimum absolute atomic E-state index is 0.0101. The molecule has 1 atom stereocenters. The third-order valence-electron chi connectivity index (χ3n) is 6.17. The monoisotopic (exact) mass is 500 g/mol. The van der Waals surface area contributed by atoms with Gasteiger partial charge in [0, 0.05) is 26.1 Å². The Labute approximate surface area is 204 Å². The van der Waals surface area contributed by atoms with Crippen molar-refractivity contribution in [3.63, 3.8) is 0 Å². The molecular weight excluding hydrogens is 477 g/mol. The predicted molar refractivity (Wildman–Crippen MR) is 124 cm³/mol. The van der Waals surface area contributed by atoms with Gasteiger partial charge in [0.25, 0.3) is 17.7 Å². The number of halogens is 3. The molecule has 2 aliphatic rings. The van der Waals surface area contributed by atoms with Crippen LogP contribution in [0, 0.1) is 5.82 Å². The van der Waals surface area contributed by atoms with E-state index in [-0.39, 0.29) is 42.5 Å². The maximum Gasteiger partial charge on any atom is 0.291 e. The number of fused-ring (bicyclic) bond motifs is 1. The molecule has 0 saturated carbocycles. The first-order valence-electron chi connectivity index (χ1n) is 11.3. The van der Waals surface area contributed by atoms with E-state index in [0.29, 0.717) is 6.54 Å². The fourth-order valence-electron chi connectivity index (χ4n) is 4.26. The number of carbonyl (C=O) groups excluding carboxylic acids is 2. The summed E-state index contributed by atoms with van der Waals surface area (Å²) in [5, 5.41) is 6.73. The lowest BCUT2D eigenvalue weighted by Gasteiger charge is -2.23. The molecule has 1 fully saturated rings. The van der Waals surface area contributed by atoms with E-state index in [4.69, 9.17) is 4.74 Å². The van der Waals surface area contributed by atoms with Gasteiger partial charge in [-0.25, -0.2) is 22.8 Å². The van der Waals surface area contributed by atoms with Crippen LogP contribution in [0.5, 0.6) is 5.75 Å². The molecule has 12 heteroatoms. The predicted octanol–water partition coefficient (Wildman–Crippen LogP) is 2.46. The van der Waals surface area contributed by atoms with Crippen molar-refractivity contribution in [1.29, 1.82) is 0 Å². The number of nitrogens with one attached hydrogen (secondary N) is 1. The summed E-state index contributed by atoms with van der Waals surface area (Å²) in [6.07, 6.45) is 1.04. The number of carbonyl (C=O) groups is 2. The summed E-state index contributed by atoms with van der Waals surface area (Å²) in [5.41, 5.74) is 1.16. The summed E-state index contributed by atoms with van der Waals surface area (Å²) in [6, 6.07) is 10.8. The van der Waals surface area contributed by atoms with Gasteiger partial charge >= 0.3 is 0 Å². The van der Waals surface area contributed by atoms with Gasteiger partial charge in [-0.15, -0.1) is 5.10 Å². The second-order valence-electron chi connectivity index (χ2n) is 8.78. The number of hydrogen-bond acceptors (Lipinski definition) is 6. The Morgan fingerprint density at radius 1 is 1.22 bits per heavy atom. The van der Waals surface area contributed by atoms with E-state index in [9.17, 15) is 22.8 Å². The molecule has 2 amide bonds. The van der Waals surface area contributed by atoms with Crippen molar-refractivity contribution in [3.05, 3.63) is 66.0 Å². The average Bonchev–Trinajstić information content (AvgIpc) is 3.44. The lowest BCUT2D eigenvalue weighted by atomic mass is 10.2. The van der Waals surface area contributed by atoms with E-state index in [1.165, 1.54) is 33.9 Å². The highest BCUT2D eigenvalue weighted by atomic mass is 19.3. The third kappa shape index (κ3) is 4.70. The zero-order valence-electron chi connectivity index (χ0n) is 19.3. The van der Waals surface area contributed by atoms with Crippen LogP contribution in [-0.2, 0) is 11.3 Å². The molecule has 1 N–H and O–H groups in total. The number of nitrogens with zero attached hydrogens (tertiary/aromatic N) is 5. The molecule has 5 rings (SSSR count). The van der Waals surface area contributed by atoms with Crippen molar-refractivity contribution >= 4 is 23.2 Å². The van der Waals surface area contributed by atoms with Gasteiger partial charge in [0.2, 0.25) is 5.82 Å². The highest BCUT2D eigenvalue weighted by Crippen LogP contribution is 2.39. The summed E-state index contributed by atoms with van der Waals surface area (Å²) < 4.78 is 49.2. The molecule has 9 nitrogen and oxygen atoms in total. The highest BCUT2D eigenvalue weighted by Gasteiger charge is 2.40. The van der Waals surface area contributed by atoms with Gasteiger partial charge in [-0.1, -0.05) is 30.3 Å². The smallest absolute Gasteiger partial charge is 0.291 e. The van der Waals surface area contributed by atoms with E-state index in [0.717, 1.165) is 11.6 Å². The number of alkyl halides is 2. The van der Waals surface area contributed by atoms with E-state index >= 15 is 0 Å². The van der Waals surface area contributed by atoms with Crippen molar-refractivity contribution in [2.75, 3.05) is 36.5 Å². The molecule has 0 radical (unpaired) electrons. The summed E-state index contributed by atoms with van der Waals surface area (Å²) in [4.78, 5) is 32.3. The second-order valence-corrected chi connectivity index (χ2v) is 8.78. The summed E-state index contributed by atoms with van der Waals surface area (Å²) in [6.45, 7) is -0.456. The number of hydrogen-bond donors (Lipinski definition) is 1. The largest absolute Gasteiger partial charge is 0.489 e. The summed E-state index contributed by atoms with van der Waals surface area (Å²) >= 11 is 0. The number of amides is 2. The minimum Gasteiger partial charge on any atom is -0.489 e. The fourth-order valence-corrected chi connectivity index (χ4v) is 4.26. The lowest BCUT2D eigenvalue weighted by Crippen LogP contribution is -2.49. The van der Waals surface area contributed by atoms with Crippen LogP contribution in [0.15, 0.2) is 48.8 Å². The van der Waals surface area contributed by atoms with E-state index < -0.39 is 36.1 Å². The first-order chi connectivity index (χ1) is 17.2. The molecule has 2 aromatic carbocycles. The number of benzene rings is 2. The van der Waals surface area contributed by atoms with Crippen molar-refractivity contribution in [2.24, 2.45) is 0 Å². The molecule has 36 heavy (non-hydrogen) atoms. The first-order valence-corrected chi connectivity index (χ1v) is 11.3. The molecule has 1 saturated heterocycles. The Kier molecular flexibility index (Phi) is 6.02. The average molecular weight is 500 g/mol. The van der Waals surface area contributed by atoms with Crippen LogP contribution in [0.1, 0.15) is 22.6 Å². The van der Waals surface area contributed by atoms with Gasteiger partial charge in [0.15, 0.2) is 0 Å². The highest BCUT2D eigenvalue weighted by molar-refractivity contribution is 6.02. The van der Waals surface area contributed by atoms with Gasteiger partial charge < -0.3 is 19.9 Å². The van der Waals surface area contributed by atoms with Crippen LogP contribution in [0.25, 0.3) is 0 Å². The lowest BCUT2D eigenvalue weighted by molar-refractivity contribution is -0.120. The number of rotatable bonds is 5. The Hall–Kier alpha value is -4.09. The molecule has 0 aliphatic carbocycles. The molecule has 188 valence electrons. The maximum atomic E-state index is 14.8. The molecule has 3 aromatic rings. The number of aromatic nitrogens is 3. The quantitative estimate of drug-likeness (QED) is 0.579. The maximum absolute atomic E-state index is 14.8. The third-order valence-corrected chi connectivity index (χ3v) is 6.17. The van der Waals surface area contributed by atoms with E-state index in [1.807, 2.05) is 30.3 Å². The first kappa shape index (κ1) is 23.6. The van der Waals surface area contributed by atoms with Crippen LogP contribution >= 0.6 is 0 Å². The van der Waals surface area contributed by atoms with Gasteiger partial charge in [-0.3, -0.25) is 9.59 Å². The molecule has 0 bridgehead atoms. The van der Waals surface area contributed by atoms with Crippen molar-refractivity contribution in [2.45, 2.75) is 24.9 Å². The fraction of sp³-hybridized carbons (Fsp3) is 0.333. The topological polar surface area (TPSA) is 92.6 Å². The molecule has 3 heterocycles. The Morgan fingerprint density at radius 3 is 2.72 bits per heavy atom. The number of anilines is 2. The molecule has 0 unspecified atom stereocenters. The number of likely N-dealkylation sites (N-methyl/N-ethyl adjacent to an activating group) is 1. The van der Waals surface area contributed by atoms with Crippen molar-refractivity contribution < 1.29 is 27.5 Å². The van der Waals surface area contributed by atoms with Crippen molar-refractivity contribution in [1.82, 2.24) is 20.1 Å². The molecule has 0 spiro atoms. The van der Waals surface area contributed by atoms with Gasteiger partial charge in [0.05, 0.1) is 24.5 Å². The molecule has 2 aliphatic heterocycles. The van der Waals surface area contributed by atoms with E-state index in [2.05, 4.69) is 15.4 Å². The Bertz CT molecular complexity index is 1300. The second kappa shape index (κ2) is 9.17. The van der Waals surface area contributed by atoms with Crippen LogP contribution < -0.4 is 19.9 Å². The summed E-state index contributed by atoms with van der Waals surface area (Å²) in [7, 11) is 1.45. The Morgan fingerprint density at radius 2 is 2.00 bits per heavy atom. The van der Waals surface area contributed by atoms with E-state index in [1.54, 1.807) is 0 Å². The van der Waals surface area contributed by atoms with Crippen LogP contribution in [0.4, 0.5) is 24.5 Å². The summed E-state index contributed by atoms with van der Waals surface area (Å²) in [5.74, 6) is -4.88. The van der Waals surface area contributed by atoms with Crippen LogP contribution in [0.2, 0.25) is 0 Å². The number of ether oxygens (including phenoxy) is 1. The molecule has 1 aromatic heterocycles. The van der Waals surface area contributed by atoms with Gasteiger partial charge in [-0.05, 0) is 11.6 Å². The SMILES string of the molecule is CN1C(=O)[C@@H](NC(=O)c2ncn(Cc3ccccc3)n2)COc2cc(F)c(N3CCC(F)(F)C3)cc21. The van der Waals surface area contributed by atoms with Gasteiger partial charge in [0.1, 0.15) is 30.5 Å². The molecular formula is C24H23F3N6O3.